The van der Waals surface area contributed by atoms with E-state index >= 15 is 0 Å². The zero-order chi connectivity index (χ0) is 24.2. The number of aliphatic hydroxyl groups excluding tert-OH is 2. The van der Waals surface area contributed by atoms with Crippen LogP contribution in [0.25, 0.3) is 0 Å². The maximum atomic E-state index is 10.1. The van der Waals surface area contributed by atoms with Crippen LogP contribution in [0.2, 0.25) is 0 Å². The Balaban J connectivity index is 1.19. The largest absolute Gasteiger partial charge is 0.486 e. The number of fused-ring (bicyclic) bond motifs is 3. The van der Waals surface area contributed by atoms with Crippen LogP contribution in [0.15, 0.2) is 28.4 Å². The molecular formula is C24H32N6O4S. The highest BCUT2D eigenvalue weighted by atomic mass is 32.2. The summed E-state index contributed by atoms with van der Waals surface area (Å²) >= 11 is 1.45. The van der Waals surface area contributed by atoms with Crippen LogP contribution in [-0.2, 0) is 11.3 Å². The summed E-state index contributed by atoms with van der Waals surface area (Å²) in [6.07, 6.45) is 5.82. The third-order valence-electron chi connectivity index (χ3n) is 8.00. The van der Waals surface area contributed by atoms with E-state index < -0.39 is 0 Å². The lowest BCUT2D eigenvalue weighted by Gasteiger charge is -2.41. The van der Waals surface area contributed by atoms with Crippen LogP contribution in [0.5, 0.6) is 5.75 Å². The van der Waals surface area contributed by atoms with Crippen molar-refractivity contribution in [3.63, 3.8) is 0 Å². The number of nitrogens with zero attached hydrogens (tertiary/aromatic N) is 5. The molecule has 2 aromatic heterocycles. The van der Waals surface area contributed by atoms with Crippen molar-refractivity contribution in [1.29, 1.82) is 0 Å². The highest BCUT2D eigenvalue weighted by Gasteiger charge is 2.47. The molecule has 0 bridgehead atoms. The Morgan fingerprint density at radius 3 is 2.83 bits per heavy atom. The maximum Gasteiger partial charge on any atom is 0.175 e. The predicted molar refractivity (Wildman–Crippen MR) is 131 cm³/mol. The average Bonchev–Trinajstić information content (AvgIpc) is 3.39. The number of rotatable bonds is 4. The average molecular weight is 501 g/mol. The monoisotopic (exact) mass is 500 g/mol. The fraction of sp³-hybridized carbons (Fsp3) is 0.625. The highest BCUT2D eigenvalue weighted by molar-refractivity contribution is 7.99. The summed E-state index contributed by atoms with van der Waals surface area (Å²) in [7, 11) is 0. The smallest absolute Gasteiger partial charge is 0.175 e. The molecule has 3 saturated heterocycles. The highest BCUT2D eigenvalue weighted by Crippen LogP contribution is 2.45. The second kappa shape index (κ2) is 9.04. The van der Waals surface area contributed by atoms with E-state index in [0.717, 1.165) is 42.5 Å². The normalized spacial score (nSPS) is 29.3. The summed E-state index contributed by atoms with van der Waals surface area (Å²) in [5, 5.41) is 20.9. The van der Waals surface area contributed by atoms with Crippen LogP contribution in [0.4, 0.5) is 11.6 Å². The first-order chi connectivity index (χ1) is 17.0. The maximum absolute atomic E-state index is 10.1. The van der Waals surface area contributed by atoms with Crippen LogP contribution in [-0.4, -0.2) is 82.3 Å². The first-order valence-electron chi connectivity index (χ1n) is 12.3. The van der Waals surface area contributed by atoms with Gasteiger partial charge in [-0.1, -0.05) is 11.8 Å². The molecule has 4 N–H and O–H groups in total. The molecule has 2 aromatic rings. The van der Waals surface area contributed by atoms with Gasteiger partial charge < -0.3 is 35.2 Å². The van der Waals surface area contributed by atoms with Gasteiger partial charge in [-0.2, -0.15) is 0 Å². The van der Waals surface area contributed by atoms with Gasteiger partial charge in [0, 0.05) is 37.3 Å². The van der Waals surface area contributed by atoms with Gasteiger partial charge in [0.05, 0.1) is 42.6 Å². The Labute approximate surface area is 208 Å². The second-order valence-electron chi connectivity index (χ2n) is 10.1. The van der Waals surface area contributed by atoms with Gasteiger partial charge in [-0.05, 0) is 32.3 Å². The third-order valence-corrected chi connectivity index (χ3v) is 8.95. The molecule has 11 heteroatoms. The Hall–Kier alpha value is -2.18. The Bertz CT molecular complexity index is 1100. The van der Waals surface area contributed by atoms with Crippen molar-refractivity contribution >= 4 is 23.4 Å². The molecule has 6 heterocycles. The van der Waals surface area contributed by atoms with Crippen molar-refractivity contribution < 1.29 is 19.7 Å². The first kappa shape index (κ1) is 23.2. The Kier molecular flexibility index (Phi) is 6.00. The quantitative estimate of drug-likeness (QED) is 0.559. The molecular weight excluding hydrogens is 468 g/mol. The molecule has 3 fully saturated rings. The number of piperidine rings is 1. The van der Waals surface area contributed by atoms with Crippen molar-refractivity contribution in [2.24, 2.45) is 11.1 Å². The first-order valence-corrected chi connectivity index (χ1v) is 13.1. The Morgan fingerprint density at radius 1 is 1.26 bits per heavy atom. The van der Waals surface area contributed by atoms with Crippen LogP contribution in [0.1, 0.15) is 31.9 Å². The summed E-state index contributed by atoms with van der Waals surface area (Å²) in [5.74, 6) is 2.21. The van der Waals surface area contributed by atoms with Crippen molar-refractivity contribution in [3.05, 3.63) is 24.2 Å². The van der Waals surface area contributed by atoms with Crippen LogP contribution in [0, 0.1) is 5.41 Å². The predicted octanol–water partition coefficient (Wildman–Crippen LogP) is 1.18. The minimum Gasteiger partial charge on any atom is -0.486 e. The van der Waals surface area contributed by atoms with E-state index in [4.69, 9.17) is 25.2 Å². The van der Waals surface area contributed by atoms with E-state index in [9.17, 15) is 10.2 Å². The lowest BCUT2D eigenvalue weighted by molar-refractivity contribution is 0.0973. The molecule has 4 aliphatic rings. The SMILES string of the molecule is C[C@@H]1OCC2(CCN(c3ncc(Sc4ccnc5c4OC[C@@H]4C[C@@H](O)CN54)nc3CO)CC2)[C@@H]1N. The number of hydrogen-bond acceptors (Lipinski definition) is 11. The van der Waals surface area contributed by atoms with Crippen molar-refractivity contribution in [2.75, 3.05) is 42.6 Å². The minimum atomic E-state index is -0.358. The van der Waals surface area contributed by atoms with Gasteiger partial charge in [-0.3, -0.25) is 0 Å². The number of hydrogen-bond donors (Lipinski definition) is 3. The third kappa shape index (κ3) is 4.03. The summed E-state index contributed by atoms with van der Waals surface area (Å²) in [5.41, 5.74) is 7.06. The molecule has 0 aliphatic carbocycles. The van der Waals surface area contributed by atoms with Gasteiger partial charge in [0.25, 0.3) is 0 Å². The molecule has 4 atom stereocenters. The molecule has 0 saturated carbocycles. The molecule has 0 radical (unpaired) electrons. The lowest BCUT2D eigenvalue weighted by atomic mass is 9.73. The molecule has 0 amide bonds. The zero-order valence-electron chi connectivity index (χ0n) is 19.8. The molecule has 10 nitrogen and oxygen atoms in total. The van der Waals surface area contributed by atoms with Crippen molar-refractivity contribution in [2.45, 2.75) is 67.0 Å². The van der Waals surface area contributed by atoms with Crippen LogP contribution in [0.3, 0.4) is 0 Å². The lowest BCUT2D eigenvalue weighted by Crippen LogP contribution is -2.51. The van der Waals surface area contributed by atoms with Gasteiger partial charge in [0.2, 0.25) is 0 Å². The molecule has 6 rings (SSSR count). The number of aliphatic hydroxyl groups is 2. The van der Waals surface area contributed by atoms with Crippen molar-refractivity contribution in [3.8, 4) is 5.75 Å². The van der Waals surface area contributed by atoms with Gasteiger partial charge in [-0.15, -0.1) is 0 Å². The van der Waals surface area contributed by atoms with E-state index in [1.165, 1.54) is 11.8 Å². The van der Waals surface area contributed by atoms with Gasteiger partial charge in [-0.25, -0.2) is 15.0 Å². The summed E-state index contributed by atoms with van der Waals surface area (Å²) in [6.45, 7) is 5.30. The van der Waals surface area contributed by atoms with Crippen LogP contribution >= 0.6 is 11.8 Å². The number of anilines is 2. The van der Waals surface area contributed by atoms with E-state index in [1.54, 1.807) is 12.4 Å². The van der Waals surface area contributed by atoms with Crippen molar-refractivity contribution in [1.82, 2.24) is 15.0 Å². The minimum absolute atomic E-state index is 0.0311. The number of ether oxygens (including phenoxy) is 2. The van der Waals surface area contributed by atoms with E-state index in [1.807, 2.05) is 6.07 Å². The van der Waals surface area contributed by atoms with Gasteiger partial charge >= 0.3 is 0 Å². The zero-order valence-corrected chi connectivity index (χ0v) is 20.7. The van der Waals surface area contributed by atoms with Gasteiger partial charge in [0.15, 0.2) is 17.4 Å². The van der Waals surface area contributed by atoms with E-state index in [2.05, 4.69) is 21.7 Å². The van der Waals surface area contributed by atoms with E-state index in [0.29, 0.717) is 42.6 Å². The summed E-state index contributed by atoms with van der Waals surface area (Å²) in [6, 6.07) is 2.12. The number of aromatic nitrogens is 3. The standard InChI is InChI=1S/C24H32N6O4S/c1-14-21(25)24(13-34-14)3-6-29(7-4-24)22-17(11-31)28-19(9-27-22)35-18-2-5-26-23-20(18)33-12-15-8-16(32)10-30(15)23/h2,5,9,14-16,21,31-32H,3-4,6-8,10-13,25H2,1H3/t14-,15-,16+,21+/m0/s1. The fourth-order valence-corrected chi connectivity index (χ4v) is 6.76. The summed E-state index contributed by atoms with van der Waals surface area (Å²) < 4.78 is 11.9. The topological polar surface area (TPSA) is 130 Å². The molecule has 4 aliphatic heterocycles. The molecule has 0 aromatic carbocycles. The molecule has 188 valence electrons. The van der Waals surface area contributed by atoms with Gasteiger partial charge in [0.1, 0.15) is 17.3 Å². The molecule has 0 unspecified atom stereocenters. The summed E-state index contributed by atoms with van der Waals surface area (Å²) in [4.78, 5) is 19.2. The molecule has 35 heavy (non-hydrogen) atoms. The molecule has 1 spiro atoms. The number of nitrogens with two attached hydrogens (primary N) is 1. The number of pyridine rings is 1. The fourth-order valence-electron chi connectivity index (χ4n) is 5.90. The van der Waals surface area contributed by atoms with E-state index in [-0.39, 0.29) is 36.3 Å². The second-order valence-corrected chi connectivity index (χ2v) is 11.2. The Morgan fingerprint density at radius 2 is 2.09 bits per heavy atom. The van der Waals surface area contributed by atoms with Crippen LogP contribution < -0.4 is 20.3 Å².